The predicted molar refractivity (Wildman–Crippen MR) is 60.4 cm³/mol. The van der Waals surface area contributed by atoms with E-state index >= 15 is 0 Å². The lowest BCUT2D eigenvalue weighted by Gasteiger charge is -2.42. The van der Waals surface area contributed by atoms with Gasteiger partial charge >= 0.3 is 11.9 Å². The van der Waals surface area contributed by atoms with Crippen LogP contribution in [0.2, 0.25) is 0 Å². The van der Waals surface area contributed by atoms with Crippen molar-refractivity contribution in [2.45, 2.75) is 50.7 Å². The Labute approximate surface area is 101 Å². The number of carbonyl (C=O) groups excluding carboxylic acids is 2. The molecule has 1 heterocycles. The molecule has 1 fully saturated rings. The van der Waals surface area contributed by atoms with Crippen molar-refractivity contribution in [3.63, 3.8) is 0 Å². The van der Waals surface area contributed by atoms with Crippen LogP contribution < -0.4 is 0 Å². The maximum atomic E-state index is 11.9. The van der Waals surface area contributed by atoms with Gasteiger partial charge < -0.3 is 14.2 Å². The maximum absolute atomic E-state index is 11.9. The Bertz CT molecular complexity index is 310. The minimum Gasteiger partial charge on any atom is -0.469 e. The molecule has 1 aliphatic heterocycles. The molecule has 0 aromatic carbocycles. The van der Waals surface area contributed by atoms with E-state index in [0.29, 0.717) is 6.42 Å². The third-order valence-electron chi connectivity index (χ3n) is 3.05. The summed E-state index contributed by atoms with van der Waals surface area (Å²) < 4.78 is 15.2. The van der Waals surface area contributed by atoms with Gasteiger partial charge in [-0.2, -0.15) is 0 Å². The SMILES string of the molecule is COC(=O)C[C@@]1(C(=O)OC)CCCC(C)(C)O1. The van der Waals surface area contributed by atoms with Gasteiger partial charge in [-0.15, -0.1) is 0 Å². The summed E-state index contributed by atoms with van der Waals surface area (Å²) in [6.45, 7) is 3.81. The summed E-state index contributed by atoms with van der Waals surface area (Å²) >= 11 is 0. The third-order valence-corrected chi connectivity index (χ3v) is 3.05. The van der Waals surface area contributed by atoms with Crippen LogP contribution in [0, 0.1) is 0 Å². The van der Waals surface area contributed by atoms with Gasteiger partial charge in [-0.1, -0.05) is 0 Å². The molecule has 17 heavy (non-hydrogen) atoms. The Morgan fingerprint density at radius 2 is 1.82 bits per heavy atom. The maximum Gasteiger partial charge on any atom is 0.338 e. The minimum atomic E-state index is -1.19. The highest BCUT2D eigenvalue weighted by atomic mass is 16.6. The van der Waals surface area contributed by atoms with E-state index in [4.69, 9.17) is 9.47 Å². The van der Waals surface area contributed by atoms with Crippen molar-refractivity contribution in [3.8, 4) is 0 Å². The summed E-state index contributed by atoms with van der Waals surface area (Å²) in [4.78, 5) is 23.3. The standard InChI is InChI=1S/C12H20O5/c1-11(2)6-5-7-12(17-11,10(14)16-4)8-9(13)15-3/h5-8H2,1-4H3/t12-/m1/s1. The summed E-state index contributed by atoms with van der Waals surface area (Å²) in [6.07, 6.45) is 2.06. The minimum absolute atomic E-state index is 0.0976. The topological polar surface area (TPSA) is 61.8 Å². The Morgan fingerprint density at radius 1 is 1.18 bits per heavy atom. The van der Waals surface area contributed by atoms with E-state index in [-0.39, 0.29) is 6.42 Å². The zero-order valence-corrected chi connectivity index (χ0v) is 10.9. The van der Waals surface area contributed by atoms with E-state index in [0.717, 1.165) is 12.8 Å². The highest BCUT2D eigenvalue weighted by Crippen LogP contribution is 2.38. The first kappa shape index (κ1) is 14.0. The van der Waals surface area contributed by atoms with Crippen LogP contribution in [0.4, 0.5) is 0 Å². The van der Waals surface area contributed by atoms with Crippen LogP contribution in [-0.2, 0) is 23.8 Å². The first-order chi connectivity index (χ1) is 7.85. The number of esters is 2. The Hall–Kier alpha value is -1.10. The molecule has 5 nitrogen and oxygen atoms in total. The summed E-state index contributed by atoms with van der Waals surface area (Å²) in [5.74, 6) is -0.969. The number of hydrogen-bond acceptors (Lipinski definition) is 5. The van der Waals surface area contributed by atoms with E-state index in [1.54, 1.807) is 0 Å². The molecule has 0 radical (unpaired) electrons. The molecule has 1 rings (SSSR count). The zero-order valence-electron chi connectivity index (χ0n) is 10.9. The molecule has 0 aromatic rings. The largest absolute Gasteiger partial charge is 0.469 e. The molecule has 0 bridgehead atoms. The molecule has 1 atom stereocenters. The van der Waals surface area contributed by atoms with E-state index in [2.05, 4.69) is 4.74 Å². The molecule has 0 spiro atoms. The van der Waals surface area contributed by atoms with Crippen molar-refractivity contribution >= 4 is 11.9 Å². The van der Waals surface area contributed by atoms with Crippen LogP contribution in [-0.4, -0.2) is 37.4 Å². The summed E-state index contributed by atoms with van der Waals surface area (Å²) in [5.41, 5.74) is -1.62. The molecular weight excluding hydrogens is 224 g/mol. The van der Waals surface area contributed by atoms with Crippen LogP contribution in [0.1, 0.15) is 39.5 Å². The molecule has 0 aliphatic carbocycles. The van der Waals surface area contributed by atoms with E-state index < -0.39 is 23.1 Å². The highest BCUT2D eigenvalue weighted by molar-refractivity contribution is 5.86. The van der Waals surface area contributed by atoms with Crippen molar-refractivity contribution in [1.82, 2.24) is 0 Å². The van der Waals surface area contributed by atoms with Gasteiger partial charge in [0.25, 0.3) is 0 Å². The number of carbonyl (C=O) groups is 2. The first-order valence-corrected chi connectivity index (χ1v) is 5.71. The van der Waals surface area contributed by atoms with Gasteiger partial charge in [-0.05, 0) is 33.1 Å². The Balaban J connectivity index is 2.93. The van der Waals surface area contributed by atoms with Crippen molar-refractivity contribution in [3.05, 3.63) is 0 Å². The molecule has 0 unspecified atom stereocenters. The first-order valence-electron chi connectivity index (χ1n) is 5.71. The van der Waals surface area contributed by atoms with Gasteiger partial charge in [0, 0.05) is 0 Å². The number of methoxy groups -OCH3 is 2. The number of ether oxygens (including phenoxy) is 3. The van der Waals surface area contributed by atoms with Gasteiger partial charge in [0.05, 0.1) is 26.2 Å². The van der Waals surface area contributed by atoms with Crippen molar-refractivity contribution in [2.75, 3.05) is 14.2 Å². The zero-order chi connectivity index (χ0) is 13.1. The molecule has 0 aromatic heterocycles. The normalized spacial score (nSPS) is 27.3. The van der Waals surface area contributed by atoms with Crippen molar-refractivity contribution < 1.29 is 23.8 Å². The van der Waals surface area contributed by atoms with Crippen LogP contribution in [0.5, 0.6) is 0 Å². The van der Waals surface area contributed by atoms with Gasteiger partial charge in [-0.3, -0.25) is 4.79 Å². The summed E-state index contributed by atoms with van der Waals surface area (Å²) in [6, 6.07) is 0. The average Bonchev–Trinajstić information content (AvgIpc) is 2.26. The molecule has 0 amide bonds. The van der Waals surface area contributed by atoms with E-state index in [1.807, 2.05) is 13.8 Å². The lowest BCUT2D eigenvalue weighted by molar-refractivity contribution is -0.210. The van der Waals surface area contributed by atoms with Crippen LogP contribution >= 0.6 is 0 Å². The van der Waals surface area contributed by atoms with E-state index in [9.17, 15) is 9.59 Å². The molecule has 5 heteroatoms. The molecular formula is C12H20O5. The van der Waals surface area contributed by atoms with Crippen molar-refractivity contribution in [1.29, 1.82) is 0 Å². The smallest absolute Gasteiger partial charge is 0.338 e. The molecule has 0 N–H and O–H groups in total. The van der Waals surface area contributed by atoms with Gasteiger partial charge in [0.2, 0.25) is 0 Å². The second-order valence-electron chi connectivity index (χ2n) is 4.95. The lowest BCUT2D eigenvalue weighted by Crippen LogP contribution is -2.52. The lowest BCUT2D eigenvalue weighted by atomic mass is 9.84. The third kappa shape index (κ3) is 3.19. The fourth-order valence-electron chi connectivity index (χ4n) is 2.26. The van der Waals surface area contributed by atoms with E-state index in [1.165, 1.54) is 14.2 Å². The monoisotopic (exact) mass is 244 g/mol. The average molecular weight is 244 g/mol. The highest BCUT2D eigenvalue weighted by Gasteiger charge is 2.49. The fourth-order valence-corrected chi connectivity index (χ4v) is 2.26. The van der Waals surface area contributed by atoms with Crippen LogP contribution in [0.25, 0.3) is 0 Å². The Morgan fingerprint density at radius 3 is 2.29 bits per heavy atom. The van der Waals surface area contributed by atoms with Gasteiger partial charge in [0.15, 0.2) is 5.60 Å². The molecule has 1 aliphatic rings. The molecule has 98 valence electrons. The number of rotatable bonds is 3. The summed E-state index contributed by atoms with van der Waals surface area (Å²) in [5, 5.41) is 0. The second kappa shape index (κ2) is 5.04. The quantitative estimate of drug-likeness (QED) is 0.703. The Kier molecular flexibility index (Phi) is 4.14. The van der Waals surface area contributed by atoms with Crippen LogP contribution in [0.3, 0.4) is 0 Å². The van der Waals surface area contributed by atoms with Gasteiger partial charge in [0.1, 0.15) is 0 Å². The predicted octanol–water partition coefficient (Wildman–Crippen LogP) is 1.44. The fraction of sp³-hybridized carbons (Fsp3) is 0.833. The summed E-state index contributed by atoms with van der Waals surface area (Å²) in [7, 11) is 2.59. The van der Waals surface area contributed by atoms with Gasteiger partial charge in [-0.25, -0.2) is 4.79 Å². The molecule has 0 saturated carbocycles. The van der Waals surface area contributed by atoms with Crippen LogP contribution in [0.15, 0.2) is 0 Å². The molecule has 1 saturated heterocycles. The number of hydrogen-bond donors (Lipinski definition) is 0. The van der Waals surface area contributed by atoms with Crippen molar-refractivity contribution in [2.24, 2.45) is 0 Å². The second-order valence-corrected chi connectivity index (χ2v) is 4.95.